The van der Waals surface area contributed by atoms with Gasteiger partial charge in [-0.1, -0.05) is 13.0 Å². The summed E-state index contributed by atoms with van der Waals surface area (Å²) in [6.45, 7) is 7.09. The van der Waals surface area contributed by atoms with E-state index in [0.29, 0.717) is 12.5 Å². The highest BCUT2D eigenvalue weighted by Crippen LogP contribution is 2.33. The standard InChI is InChI=1S/C16H27NO2/c1-5-14(8-13(9-17)10-18)15-6-12(3)16(19-4)7-11(15)2/h6-7,13-14,18H,5,8-10,17H2,1-4H3. The van der Waals surface area contributed by atoms with Crippen molar-refractivity contribution in [2.24, 2.45) is 11.7 Å². The number of hydrogen-bond acceptors (Lipinski definition) is 3. The SMILES string of the molecule is CCC(CC(CN)CO)c1cc(C)c(OC)cc1C. The minimum Gasteiger partial charge on any atom is -0.496 e. The van der Waals surface area contributed by atoms with Gasteiger partial charge in [-0.05, 0) is 67.8 Å². The van der Waals surface area contributed by atoms with Gasteiger partial charge in [-0.2, -0.15) is 0 Å². The number of aliphatic hydroxyl groups excluding tert-OH is 1. The predicted octanol–water partition coefficient (Wildman–Crippen LogP) is 2.76. The molecular formula is C16H27NO2. The summed E-state index contributed by atoms with van der Waals surface area (Å²) in [5, 5.41) is 9.32. The summed E-state index contributed by atoms with van der Waals surface area (Å²) in [6, 6.07) is 4.32. The van der Waals surface area contributed by atoms with Crippen molar-refractivity contribution in [3.63, 3.8) is 0 Å². The molecule has 0 heterocycles. The van der Waals surface area contributed by atoms with Crippen LogP contribution >= 0.6 is 0 Å². The Morgan fingerprint density at radius 2 is 1.95 bits per heavy atom. The van der Waals surface area contributed by atoms with Gasteiger partial charge in [0.15, 0.2) is 0 Å². The van der Waals surface area contributed by atoms with Gasteiger partial charge >= 0.3 is 0 Å². The summed E-state index contributed by atoms with van der Waals surface area (Å²) in [4.78, 5) is 0. The normalized spacial score (nSPS) is 14.2. The fourth-order valence-corrected chi connectivity index (χ4v) is 2.63. The molecular weight excluding hydrogens is 238 g/mol. The largest absolute Gasteiger partial charge is 0.496 e. The van der Waals surface area contributed by atoms with Crippen LogP contribution < -0.4 is 10.5 Å². The molecule has 0 bridgehead atoms. The Balaban J connectivity index is 3.01. The maximum Gasteiger partial charge on any atom is 0.122 e. The smallest absolute Gasteiger partial charge is 0.122 e. The average molecular weight is 265 g/mol. The van der Waals surface area contributed by atoms with E-state index in [-0.39, 0.29) is 12.5 Å². The van der Waals surface area contributed by atoms with Crippen molar-refractivity contribution in [3.8, 4) is 5.75 Å². The first kappa shape index (κ1) is 16.0. The van der Waals surface area contributed by atoms with Crippen LogP contribution in [0.4, 0.5) is 0 Å². The van der Waals surface area contributed by atoms with E-state index >= 15 is 0 Å². The lowest BCUT2D eigenvalue weighted by molar-refractivity contribution is 0.214. The summed E-state index contributed by atoms with van der Waals surface area (Å²) in [6.07, 6.45) is 2.00. The maximum atomic E-state index is 9.32. The molecule has 3 N–H and O–H groups in total. The molecule has 1 aromatic carbocycles. The van der Waals surface area contributed by atoms with Gasteiger partial charge in [0.2, 0.25) is 0 Å². The number of hydrogen-bond donors (Lipinski definition) is 2. The van der Waals surface area contributed by atoms with Gasteiger partial charge in [0.1, 0.15) is 5.75 Å². The van der Waals surface area contributed by atoms with E-state index in [0.717, 1.165) is 24.2 Å². The molecule has 108 valence electrons. The van der Waals surface area contributed by atoms with E-state index in [1.54, 1.807) is 7.11 Å². The first-order valence-electron chi connectivity index (χ1n) is 7.03. The lowest BCUT2D eigenvalue weighted by Gasteiger charge is -2.23. The third-order valence-corrected chi connectivity index (χ3v) is 3.93. The maximum absolute atomic E-state index is 9.32. The number of nitrogens with two attached hydrogens (primary N) is 1. The monoisotopic (exact) mass is 265 g/mol. The molecule has 0 aliphatic carbocycles. The number of aliphatic hydroxyl groups is 1. The summed E-state index contributed by atoms with van der Waals surface area (Å²) in [5.74, 6) is 1.57. The van der Waals surface area contributed by atoms with Crippen LogP contribution in [0.1, 0.15) is 42.4 Å². The van der Waals surface area contributed by atoms with Crippen LogP contribution in [0.3, 0.4) is 0 Å². The van der Waals surface area contributed by atoms with Crippen molar-refractivity contribution in [3.05, 3.63) is 28.8 Å². The molecule has 0 aliphatic rings. The van der Waals surface area contributed by atoms with Crippen LogP contribution in [-0.4, -0.2) is 25.4 Å². The molecule has 2 unspecified atom stereocenters. The third-order valence-electron chi connectivity index (χ3n) is 3.93. The van der Waals surface area contributed by atoms with E-state index in [1.807, 2.05) is 0 Å². The van der Waals surface area contributed by atoms with Crippen molar-refractivity contribution >= 4 is 0 Å². The summed E-state index contributed by atoms with van der Waals surface area (Å²) in [5.41, 5.74) is 9.47. The number of methoxy groups -OCH3 is 1. The fourth-order valence-electron chi connectivity index (χ4n) is 2.63. The van der Waals surface area contributed by atoms with E-state index in [2.05, 4.69) is 32.9 Å². The Labute approximate surface area is 116 Å². The molecule has 1 rings (SSSR count). The van der Waals surface area contributed by atoms with Crippen LogP contribution in [0, 0.1) is 19.8 Å². The van der Waals surface area contributed by atoms with Crippen LogP contribution in [0.5, 0.6) is 5.75 Å². The average Bonchev–Trinajstić information content (AvgIpc) is 2.43. The van der Waals surface area contributed by atoms with E-state index in [4.69, 9.17) is 10.5 Å². The second-order valence-corrected chi connectivity index (χ2v) is 5.30. The fraction of sp³-hybridized carbons (Fsp3) is 0.625. The van der Waals surface area contributed by atoms with Gasteiger partial charge in [0.05, 0.1) is 7.11 Å². The van der Waals surface area contributed by atoms with Gasteiger partial charge in [0.25, 0.3) is 0 Å². The Bertz CT molecular complexity index is 400. The second-order valence-electron chi connectivity index (χ2n) is 5.30. The Kier molecular flexibility index (Phi) is 6.32. The van der Waals surface area contributed by atoms with Gasteiger partial charge in [-0.15, -0.1) is 0 Å². The summed E-state index contributed by atoms with van der Waals surface area (Å²) in [7, 11) is 1.70. The minimum absolute atomic E-state index is 0.168. The number of aryl methyl sites for hydroxylation is 2. The first-order chi connectivity index (χ1) is 9.07. The van der Waals surface area contributed by atoms with Crippen LogP contribution in [0.25, 0.3) is 0 Å². The van der Waals surface area contributed by atoms with Crippen LogP contribution in [0.2, 0.25) is 0 Å². The highest BCUT2D eigenvalue weighted by Gasteiger charge is 2.18. The van der Waals surface area contributed by atoms with E-state index < -0.39 is 0 Å². The zero-order valence-corrected chi connectivity index (χ0v) is 12.6. The predicted molar refractivity (Wildman–Crippen MR) is 79.7 cm³/mol. The lowest BCUT2D eigenvalue weighted by atomic mass is 9.84. The van der Waals surface area contributed by atoms with E-state index in [9.17, 15) is 5.11 Å². The molecule has 2 atom stereocenters. The Hall–Kier alpha value is -1.06. The quantitative estimate of drug-likeness (QED) is 0.797. The third kappa shape index (κ3) is 3.95. The van der Waals surface area contributed by atoms with Crippen molar-refractivity contribution in [2.75, 3.05) is 20.3 Å². The summed E-state index contributed by atoms with van der Waals surface area (Å²) < 4.78 is 5.36. The molecule has 1 aromatic rings. The molecule has 0 aliphatic heterocycles. The Morgan fingerprint density at radius 1 is 1.26 bits per heavy atom. The van der Waals surface area contributed by atoms with Crippen molar-refractivity contribution in [1.82, 2.24) is 0 Å². The minimum atomic E-state index is 0.168. The van der Waals surface area contributed by atoms with Gasteiger partial charge < -0.3 is 15.6 Å². The molecule has 0 saturated heterocycles. The molecule has 0 saturated carbocycles. The number of rotatable bonds is 7. The van der Waals surface area contributed by atoms with Crippen molar-refractivity contribution in [1.29, 1.82) is 0 Å². The number of benzene rings is 1. The summed E-state index contributed by atoms with van der Waals surface area (Å²) >= 11 is 0. The molecule has 0 amide bonds. The van der Waals surface area contributed by atoms with Crippen molar-refractivity contribution in [2.45, 2.75) is 39.5 Å². The topological polar surface area (TPSA) is 55.5 Å². The van der Waals surface area contributed by atoms with Crippen LogP contribution in [0.15, 0.2) is 12.1 Å². The zero-order chi connectivity index (χ0) is 14.4. The molecule has 0 aromatic heterocycles. The van der Waals surface area contributed by atoms with Crippen LogP contribution in [-0.2, 0) is 0 Å². The molecule has 0 fully saturated rings. The first-order valence-corrected chi connectivity index (χ1v) is 7.03. The molecule has 3 heteroatoms. The van der Waals surface area contributed by atoms with E-state index in [1.165, 1.54) is 11.1 Å². The van der Waals surface area contributed by atoms with Gasteiger partial charge in [-0.3, -0.25) is 0 Å². The van der Waals surface area contributed by atoms with Crippen molar-refractivity contribution < 1.29 is 9.84 Å². The Morgan fingerprint density at radius 3 is 2.42 bits per heavy atom. The van der Waals surface area contributed by atoms with Gasteiger partial charge in [0, 0.05) is 6.61 Å². The molecule has 0 radical (unpaired) electrons. The van der Waals surface area contributed by atoms with Gasteiger partial charge in [-0.25, -0.2) is 0 Å². The molecule has 0 spiro atoms. The molecule has 19 heavy (non-hydrogen) atoms. The highest BCUT2D eigenvalue weighted by molar-refractivity contribution is 5.43. The molecule has 3 nitrogen and oxygen atoms in total. The highest BCUT2D eigenvalue weighted by atomic mass is 16.5. The lowest BCUT2D eigenvalue weighted by Crippen LogP contribution is -2.21. The second kappa shape index (κ2) is 7.51. The number of ether oxygens (including phenoxy) is 1. The zero-order valence-electron chi connectivity index (χ0n) is 12.6.